The van der Waals surface area contributed by atoms with E-state index in [2.05, 4.69) is 9.97 Å². The average Bonchev–Trinajstić information content (AvgIpc) is 3.89. The van der Waals surface area contributed by atoms with Gasteiger partial charge in [-0.15, -0.1) is 0 Å². The SMILES string of the molecule is CC[C@H]1OC(=O)[C@H](C)C(=O)[C@H](C)[C@@H](O[C@@H]2O[C@H](C)C[C@H](N(C)C)[C@H]2O)[C@](C)(OC)C[C@@H](C)C(=O)[C@H](C)[C@H]2N(CCCCn3cnc(-c4cccnc4)c3)C(=O)O[C@]12C.NC(=O)c1ccccc1O. The van der Waals surface area contributed by atoms with Crippen molar-refractivity contribution < 1.29 is 57.9 Å². The minimum absolute atomic E-state index is 0.0741. The highest BCUT2D eigenvalue weighted by atomic mass is 16.7. The van der Waals surface area contributed by atoms with Gasteiger partial charge in [0, 0.05) is 68.1 Å². The van der Waals surface area contributed by atoms with Crippen LogP contribution in [0.15, 0.2) is 61.3 Å². The van der Waals surface area contributed by atoms with Crippen molar-refractivity contribution in [2.24, 2.45) is 29.4 Å². The molecule has 5 heterocycles. The maximum Gasteiger partial charge on any atom is 0.410 e. The maximum absolute atomic E-state index is 14.7. The number of carbonyl (C=O) groups is 5. The summed E-state index contributed by atoms with van der Waals surface area (Å²) in [7, 11) is 5.24. The highest BCUT2D eigenvalue weighted by Crippen LogP contribution is 2.43. The van der Waals surface area contributed by atoms with Gasteiger partial charge < -0.3 is 54.0 Å². The molecule has 3 fully saturated rings. The number of esters is 1. The number of aromatic nitrogens is 3. The first kappa shape index (κ1) is 53.7. The number of Topliss-reactive ketones (excluding diaryl/α,β-unsaturated/α-hetero) is 2. The summed E-state index contributed by atoms with van der Waals surface area (Å²) in [6, 6.07) is 8.90. The van der Waals surface area contributed by atoms with Gasteiger partial charge in [0.2, 0.25) is 0 Å². The van der Waals surface area contributed by atoms with Crippen molar-refractivity contribution >= 4 is 29.5 Å². The topological polar surface area (TPSA) is 235 Å². The Morgan fingerprint density at radius 1 is 0.985 bits per heavy atom. The summed E-state index contributed by atoms with van der Waals surface area (Å²) in [5, 5.41) is 20.4. The Kier molecular flexibility index (Phi) is 18.1. The Hall–Kier alpha value is -5.27. The number of aliphatic hydroxyl groups excluding tert-OH is 1. The molecule has 6 rings (SSSR count). The number of aliphatic hydroxyl groups is 1. The summed E-state index contributed by atoms with van der Waals surface area (Å²) < 4.78 is 33.2. The van der Waals surface area contributed by atoms with Gasteiger partial charge in [-0.25, -0.2) is 9.78 Å². The van der Waals surface area contributed by atoms with Gasteiger partial charge in [0.25, 0.3) is 5.91 Å². The number of cyclic esters (lactones) is 1. The molecular formula is C50H72N6O12. The highest BCUT2D eigenvalue weighted by Gasteiger charge is 2.60. The largest absolute Gasteiger partial charge is 0.507 e. The Morgan fingerprint density at radius 3 is 2.28 bits per heavy atom. The van der Waals surface area contributed by atoms with Gasteiger partial charge >= 0.3 is 12.1 Å². The summed E-state index contributed by atoms with van der Waals surface area (Å²) in [6.45, 7) is 14.9. The van der Waals surface area contributed by atoms with Crippen LogP contribution in [0.5, 0.6) is 5.75 Å². The van der Waals surface area contributed by atoms with E-state index in [1.807, 2.05) is 62.7 Å². The molecule has 1 aromatic carbocycles. The van der Waals surface area contributed by atoms with E-state index in [-0.39, 0.29) is 42.1 Å². The Morgan fingerprint density at radius 2 is 1.68 bits per heavy atom. The van der Waals surface area contributed by atoms with Crippen LogP contribution in [-0.4, -0.2) is 146 Å². The molecule has 13 atom stereocenters. The number of primary amides is 1. The molecule has 0 unspecified atom stereocenters. The number of benzene rings is 1. The highest BCUT2D eigenvalue weighted by molar-refractivity contribution is 6.00. The molecule has 0 bridgehead atoms. The molecule has 18 nitrogen and oxygen atoms in total. The van der Waals surface area contributed by atoms with E-state index >= 15 is 0 Å². The molecule has 3 aliphatic rings. The first-order valence-electron chi connectivity index (χ1n) is 23.6. The van der Waals surface area contributed by atoms with Crippen molar-refractivity contribution in [1.29, 1.82) is 0 Å². The third-order valence-corrected chi connectivity index (χ3v) is 14.0. The van der Waals surface area contributed by atoms with E-state index in [1.54, 1.807) is 63.4 Å². The van der Waals surface area contributed by atoms with Crippen molar-refractivity contribution in [2.45, 2.75) is 148 Å². The summed E-state index contributed by atoms with van der Waals surface area (Å²) >= 11 is 0. The number of fused-ring (bicyclic) bond motifs is 1. The molecule has 0 aliphatic carbocycles. The number of phenols is 1. The van der Waals surface area contributed by atoms with E-state index < -0.39 is 89.3 Å². The molecular weight excluding hydrogens is 877 g/mol. The second-order valence-corrected chi connectivity index (χ2v) is 19.2. The number of para-hydroxylation sites is 1. The van der Waals surface area contributed by atoms with E-state index in [1.165, 1.54) is 26.2 Å². The van der Waals surface area contributed by atoms with E-state index in [4.69, 9.17) is 34.5 Å². The summed E-state index contributed by atoms with van der Waals surface area (Å²) in [6.07, 6.45) is 4.45. The molecule has 3 aliphatic heterocycles. The number of pyridine rings is 1. The fourth-order valence-corrected chi connectivity index (χ4v) is 10.1. The van der Waals surface area contributed by atoms with Gasteiger partial charge in [-0.2, -0.15) is 0 Å². The minimum Gasteiger partial charge on any atom is -0.507 e. The molecule has 68 heavy (non-hydrogen) atoms. The number of hydrogen-bond donors (Lipinski definition) is 3. The summed E-state index contributed by atoms with van der Waals surface area (Å²) in [5.74, 6) is -5.64. The van der Waals surface area contributed by atoms with Crippen LogP contribution in [-0.2, 0) is 44.6 Å². The number of nitrogens with zero attached hydrogens (tertiary/aromatic N) is 5. The fraction of sp³-hybridized carbons (Fsp3) is 0.620. The molecule has 0 saturated carbocycles. The number of likely N-dealkylation sites (N-methyl/N-ethyl adjacent to an activating group) is 1. The van der Waals surface area contributed by atoms with Crippen molar-refractivity contribution in [3.05, 3.63) is 66.9 Å². The molecule has 374 valence electrons. The monoisotopic (exact) mass is 949 g/mol. The molecule has 0 radical (unpaired) electrons. The smallest absolute Gasteiger partial charge is 0.410 e. The number of amides is 2. The number of rotatable bonds is 12. The zero-order valence-corrected chi connectivity index (χ0v) is 41.4. The van der Waals surface area contributed by atoms with Gasteiger partial charge in [0.15, 0.2) is 17.7 Å². The Balaban J connectivity index is 0.000000765. The number of imidazole rings is 1. The normalized spacial score (nSPS) is 32.7. The first-order chi connectivity index (χ1) is 32.1. The number of aryl methyl sites for hydroxylation is 1. The lowest BCUT2D eigenvalue weighted by molar-refractivity contribution is -0.295. The van der Waals surface area contributed by atoms with Crippen LogP contribution >= 0.6 is 0 Å². The van der Waals surface area contributed by atoms with Crippen molar-refractivity contribution in [2.75, 3.05) is 27.7 Å². The number of ether oxygens (including phenoxy) is 5. The molecule has 18 heteroatoms. The van der Waals surface area contributed by atoms with Crippen LogP contribution < -0.4 is 5.73 Å². The lowest BCUT2D eigenvalue weighted by atomic mass is 9.73. The van der Waals surface area contributed by atoms with Gasteiger partial charge in [-0.3, -0.25) is 24.2 Å². The minimum atomic E-state index is -1.40. The summed E-state index contributed by atoms with van der Waals surface area (Å²) in [4.78, 5) is 79.5. The molecule has 2 amide bonds. The van der Waals surface area contributed by atoms with Gasteiger partial charge in [-0.1, -0.05) is 39.8 Å². The van der Waals surface area contributed by atoms with E-state index in [0.29, 0.717) is 32.4 Å². The third-order valence-electron chi connectivity index (χ3n) is 14.0. The maximum atomic E-state index is 14.7. The number of nitrogens with two attached hydrogens (primary N) is 1. The average molecular weight is 949 g/mol. The second-order valence-electron chi connectivity index (χ2n) is 19.2. The van der Waals surface area contributed by atoms with Crippen LogP contribution in [0.25, 0.3) is 11.3 Å². The number of carbonyl (C=O) groups excluding carboxylic acids is 5. The number of unbranched alkanes of at least 4 members (excludes halogenated alkanes) is 1. The Labute approximate surface area is 399 Å². The lowest BCUT2D eigenvalue weighted by Crippen LogP contribution is -2.60. The van der Waals surface area contributed by atoms with Gasteiger partial charge in [-0.05, 0) is 98.2 Å². The Bertz CT molecular complexity index is 2210. The third kappa shape index (κ3) is 11.9. The number of hydrogen-bond acceptors (Lipinski definition) is 15. The van der Waals surface area contributed by atoms with Crippen molar-refractivity contribution in [3.63, 3.8) is 0 Å². The van der Waals surface area contributed by atoms with E-state index in [0.717, 1.165) is 11.3 Å². The second kappa shape index (κ2) is 22.9. The molecule has 4 N–H and O–H groups in total. The number of aromatic hydroxyl groups is 1. The summed E-state index contributed by atoms with van der Waals surface area (Å²) in [5.41, 5.74) is 4.13. The van der Waals surface area contributed by atoms with Crippen LogP contribution in [0, 0.1) is 23.7 Å². The predicted molar refractivity (Wildman–Crippen MR) is 251 cm³/mol. The van der Waals surface area contributed by atoms with E-state index in [9.17, 15) is 29.1 Å². The number of methoxy groups -OCH3 is 1. The predicted octanol–water partition coefficient (Wildman–Crippen LogP) is 5.42. The number of ketones is 2. The fourth-order valence-electron chi connectivity index (χ4n) is 10.1. The molecule has 3 aromatic rings. The zero-order valence-electron chi connectivity index (χ0n) is 41.4. The van der Waals surface area contributed by atoms with Gasteiger partial charge in [0.1, 0.15) is 29.7 Å². The van der Waals surface area contributed by atoms with Crippen LogP contribution in [0.2, 0.25) is 0 Å². The lowest BCUT2D eigenvalue weighted by Gasteiger charge is -2.47. The zero-order chi connectivity index (χ0) is 50.2. The van der Waals surface area contributed by atoms with Crippen LogP contribution in [0.3, 0.4) is 0 Å². The quantitative estimate of drug-likeness (QED) is 0.117. The standard InChI is InChI=1S/C43H65N5O10.C7H7NO2/c1-12-33-43(8)37(48(41(53)58-43)19-14-13-18-47-23-31(45-24-47)30-16-15-17-44-22-30)27(4)34(49)25(2)21-42(7,54-11)38(28(5)35(50)29(6)39(52)56-33)57-40-36(51)32(46(9)10)20-26(3)55-40;8-7(10)5-3-1-2-4-6(5)9/h15-17,22-29,32-33,36-38,40,51H,12-14,18-21H2,1-11H3;1-4,9H,(H2,8,10)/t25-,26-,27+,28+,29-,32+,33-,36-,37-,38-,40+,42-,43-;/m1./s1. The van der Waals surface area contributed by atoms with Crippen LogP contribution in [0.1, 0.15) is 97.9 Å². The molecule has 0 spiro atoms. The van der Waals surface area contributed by atoms with Crippen molar-refractivity contribution in [1.82, 2.24) is 24.3 Å². The first-order valence-corrected chi connectivity index (χ1v) is 23.6. The molecule has 2 aromatic heterocycles. The van der Waals surface area contributed by atoms with Crippen molar-refractivity contribution in [3.8, 4) is 17.0 Å². The van der Waals surface area contributed by atoms with Gasteiger partial charge in [0.05, 0.1) is 41.4 Å². The van der Waals surface area contributed by atoms with Crippen LogP contribution in [0.4, 0.5) is 4.79 Å². The molecule has 3 saturated heterocycles.